The smallest absolute Gasteiger partial charge is 0.132 e. The van der Waals surface area contributed by atoms with Crippen molar-refractivity contribution in [2.45, 2.75) is 5.41 Å². The fourth-order valence-electron chi connectivity index (χ4n) is 8.68. The van der Waals surface area contributed by atoms with Gasteiger partial charge in [0.25, 0.3) is 0 Å². The molecule has 2 heteroatoms. The van der Waals surface area contributed by atoms with Crippen LogP contribution in [0.5, 0.6) is 11.5 Å². The number of benzene rings is 8. The molecule has 2 aliphatic rings. The first kappa shape index (κ1) is 34.1. The van der Waals surface area contributed by atoms with Gasteiger partial charge in [0.2, 0.25) is 0 Å². The van der Waals surface area contributed by atoms with Crippen molar-refractivity contribution in [2.75, 3.05) is 4.90 Å². The third kappa shape index (κ3) is 5.91. The van der Waals surface area contributed by atoms with Gasteiger partial charge in [-0.15, -0.1) is 0 Å². The van der Waals surface area contributed by atoms with E-state index in [0.717, 1.165) is 50.8 Å². The van der Waals surface area contributed by atoms with Crippen LogP contribution < -0.4 is 9.64 Å². The minimum absolute atomic E-state index is 0.537. The average Bonchev–Trinajstić information content (AvgIpc) is 3.61. The summed E-state index contributed by atoms with van der Waals surface area (Å²) in [5.41, 5.74) is 15.7. The van der Waals surface area contributed by atoms with Crippen LogP contribution in [0.3, 0.4) is 0 Å². The summed E-state index contributed by atoms with van der Waals surface area (Å²) >= 11 is 0. The standard InChI is InChI=1S/C55H39NO/c1-2-3-19-46-37-45-18-10-11-20-50(45)55(46)51-21-12-13-22-53(51)57-54-36-29-44(38-52(54)55)43-27-34-49(35-28-43)56(47-30-23-41(24-31-47)39-14-6-4-7-15-39)48-32-25-42(26-33-48)40-16-8-5-9-17-40/h2-38H,1H2/b19-3-. The van der Waals surface area contributed by atoms with Crippen molar-refractivity contribution < 1.29 is 4.74 Å². The maximum absolute atomic E-state index is 6.67. The Labute approximate surface area is 334 Å². The molecule has 8 aromatic carbocycles. The summed E-state index contributed by atoms with van der Waals surface area (Å²) in [5.74, 6) is 1.75. The Morgan fingerprint density at radius 3 is 1.46 bits per heavy atom. The largest absolute Gasteiger partial charge is 0.457 e. The second-order valence-electron chi connectivity index (χ2n) is 14.5. The molecule has 57 heavy (non-hydrogen) atoms. The average molecular weight is 730 g/mol. The molecule has 0 amide bonds. The molecule has 8 aromatic rings. The van der Waals surface area contributed by atoms with E-state index in [1.54, 1.807) is 0 Å². The molecule has 1 heterocycles. The quantitative estimate of drug-likeness (QED) is 0.144. The Morgan fingerprint density at radius 2 is 0.877 bits per heavy atom. The molecule has 1 spiro atoms. The van der Waals surface area contributed by atoms with E-state index in [9.17, 15) is 0 Å². The van der Waals surface area contributed by atoms with E-state index in [-0.39, 0.29) is 0 Å². The molecule has 0 aromatic heterocycles. The van der Waals surface area contributed by atoms with Crippen LogP contribution in [0.15, 0.2) is 231 Å². The predicted molar refractivity (Wildman–Crippen MR) is 238 cm³/mol. The maximum atomic E-state index is 6.67. The van der Waals surface area contributed by atoms with Crippen LogP contribution in [-0.4, -0.2) is 0 Å². The van der Waals surface area contributed by atoms with Crippen LogP contribution >= 0.6 is 0 Å². The van der Waals surface area contributed by atoms with E-state index < -0.39 is 5.41 Å². The second-order valence-corrected chi connectivity index (χ2v) is 14.5. The SMILES string of the molecule is C=C/C=C\C1=Cc2ccccc2C12c1ccccc1Oc1ccc(-c3ccc(N(c4ccc(-c5ccccc5)cc4)c4ccc(-c5ccccc5)cc4)cc3)cc12. The summed E-state index contributed by atoms with van der Waals surface area (Å²) in [4.78, 5) is 2.33. The summed E-state index contributed by atoms with van der Waals surface area (Å²) in [6.45, 7) is 4.00. The zero-order valence-electron chi connectivity index (χ0n) is 31.4. The zero-order valence-corrected chi connectivity index (χ0v) is 31.4. The third-order valence-electron chi connectivity index (χ3n) is 11.3. The minimum Gasteiger partial charge on any atom is -0.457 e. The summed E-state index contributed by atoms with van der Waals surface area (Å²) in [5, 5.41) is 0. The molecule has 1 atom stereocenters. The van der Waals surface area contributed by atoms with Gasteiger partial charge in [-0.1, -0.05) is 170 Å². The first-order valence-electron chi connectivity index (χ1n) is 19.4. The first-order chi connectivity index (χ1) is 28.2. The maximum Gasteiger partial charge on any atom is 0.132 e. The number of hydrogen-bond acceptors (Lipinski definition) is 2. The summed E-state index contributed by atoms with van der Waals surface area (Å²) in [7, 11) is 0. The van der Waals surface area contributed by atoms with Crippen molar-refractivity contribution in [1.29, 1.82) is 0 Å². The molecule has 0 saturated carbocycles. The van der Waals surface area contributed by atoms with E-state index in [4.69, 9.17) is 4.74 Å². The van der Waals surface area contributed by atoms with Crippen molar-refractivity contribution >= 4 is 23.1 Å². The monoisotopic (exact) mass is 729 g/mol. The van der Waals surface area contributed by atoms with Gasteiger partial charge in [0.15, 0.2) is 0 Å². The number of nitrogens with zero attached hydrogens (tertiary/aromatic N) is 1. The highest BCUT2D eigenvalue weighted by Gasteiger charge is 2.49. The molecule has 0 saturated heterocycles. The predicted octanol–water partition coefficient (Wildman–Crippen LogP) is 14.7. The molecule has 0 radical (unpaired) electrons. The molecule has 0 fully saturated rings. The molecule has 1 unspecified atom stereocenters. The van der Waals surface area contributed by atoms with Crippen LogP contribution in [0.2, 0.25) is 0 Å². The Balaban J connectivity index is 1.06. The Hall–Kier alpha value is -7.42. The van der Waals surface area contributed by atoms with Gasteiger partial charge in [-0.3, -0.25) is 0 Å². The van der Waals surface area contributed by atoms with Gasteiger partial charge in [0, 0.05) is 28.2 Å². The molecular weight excluding hydrogens is 691 g/mol. The number of rotatable bonds is 8. The lowest BCUT2D eigenvalue weighted by Crippen LogP contribution is -2.32. The van der Waals surface area contributed by atoms with Crippen LogP contribution in [0.4, 0.5) is 17.1 Å². The summed E-state index contributed by atoms with van der Waals surface area (Å²) in [6, 6.07) is 71.6. The Kier molecular flexibility index (Phi) is 8.58. The van der Waals surface area contributed by atoms with E-state index in [2.05, 4.69) is 224 Å². The fraction of sp³-hybridized carbons (Fsp3) is 0.0182. The van der Waals surface area contributed by atoms with E-state index in [1.165, 1.54) is 39.0 Å². The van der Waals surface area contributed by atoms with E-state index in [1.807, 2.05) is 12.2 Å². The molecule has 2 nitrogen and oxygen atoms in total. The molecule has 270 valence electrons. The van der Waals surface area contributed by atoms with Crippen molar-refractivity contribution in [3.63, 3.8) is 0 Å². The van der Waals surface area contributed by atoms with Crippen molar-refractivity contribution in [2.24, 2.45) is 0 Å². The molecule has 0 bridgehead atoms. The number of allylic oxidation sites excluding steroid dienone is 4. The lowest BCUT2D eigenvalue weighted by molar-refractivity contribution is 0.436. The zero-order chi connectivity index (χ0) is 38.2. The van der Waals surface area contributed by atoms with Gasteiger partial charge < -0.3 is 9.64 Å². The minimum atomic E-state index is -0.537. The van der Waals surface area contributed by atoms with Gasteiger partial charge in [-0.25, -0.2) is 0 Å². The van der Waals surface area contributed by atoms with Crippen molar-refractivity contribution in [1.82, 2.24) is 0 Å². The lowest BCUT2D eigenvalue weighted by Gasteiger charge is -2.40. The Morgan fingerprint density at radius 1 is 0.421 bits per heavy atom. The second kappa shape index (κ2) is 14.3. The summed E-state index contributed by atoms with van der Waals surface area (Å²) in [6.07, 6.45) is 8.40. The van der Waals surface area contributed by atoms with Crippen molar-refractivity contribution in [3.8, 4) is 44.9 Å². The topological polar surface area (TPSA) is 12.5 Å². The van der Waals surface area contributed by atoms with E-state index >= 15 is 0 Å². The number of ether oxygens (including phenoxy) is 1. The van der Waals surface area contributed by atoms with Gasteiger partial charge in [-0.2, -0.15) is 0 Å². The van der Waals surface area contributed by atoms with Crippen LogP contribution in [0.1, 0.15) is 22.3 Å². The molecule has 10 rings (SSSR count). The fourth-order valence-corrected chi connectivity index (χ4v) is 8.68. The third-order valence-corrected chi connectivity index (χ3v) is 11.3. The van der Waals surface area contributed by atoms with E-state index in [0.29, 0.717) is 0 Å². The number of anilines is 3. The molecule has 1 aliphatic heterocycles. The molecule has 1 aliphatic carbocycles. The van der Waals surface area contributed by atoms with Crippen molar-refractivity contribution in [3.05, 3.63) is 253 Å². The lowest BCUT2D eigenvalue weighted by atomic mass is 9.65. The number of para-hydroxylation sites is 1. The Bertz CT molecular complexity index is 2720. The van der Waals surface area contributed by atoms with Gasteiger partial charge in [0.1, 0.15) is 11.5 Å². The summed E-state index contributed by atoms with van der Waals surface area (Å²) < 4.78 is 6.67. The highest BCUT2D eigenvalue weighted by molar-refractivity contribution is 5.85. The van der Waals surface area contributed by atoms with Gasteiger partial charge >= 0.3 is 0 Å². The van der Waals surface area contributed by atoms with Gasteiger partial charge in [-0.05, 0) is 111 Å². The van der Waals surface area contributed by atoms with Crippen LogP contribution in [0.25, 0.3) is 39.5 Å². The normalized spacial score (nSPS) is 15.0. The molecule has 0 N–H and O–H groups in total. The molecular formula is C55H39NO. The number of fused-ring (bicyclic) bond motifs is 6. The van der Waals surface area contributed by atoms with Crippen LogP contribution in [-0.2, 0) is 5.41 Å². The highest BCUT2D eigenvalue weighted by atomic mass is 16.5. The van der Waals surface area contributed by atoms with Gasteiger partial charge in [0.05, 0.1) is 5.41 Å². The first-order valence-corrected chi connectivity index (χ1v) is 19.4. The number of hydrogen-bond donors (Lipinski definition) is 0. The van der Waals surface area contributed by atoms with Crippen LogP contribution in [0, 0.1) is 0 Å². The highest BCUT2D eigenvalue weighted by Crippen LogP contribution is 2.60.